The predicted octanol–water partition coefficient (Wildman–Crippen LogP) is 9.03. The quantitative estimate of drug-likeness (QED) is 0.00937. The average molecular weight is 1050 g/mol. The second-order valence-corrected chi connectivity index (χ2v) is 19.2. The molecule has 0 heterocycles. The van der Waals surface area contributed by atoms with Crippen molar-refractivity contribution >= 4 is 27.6 Å². The number of unbranched alkanes of at least 4 members (excludes halogenated alkanes) is 3. The van der Waals surface area contributed by atoms with Gasteiger partial charge >= 0.3 is 27.6 Å². The van der Waals surface area contributed by atoms with Crippen molar-refractivity contribution in [3.63, 3.8) is 0 Å². The number of carbonyl (C=O) groups excluding carboxylic acids is 2. The Morgan fingerprint density at radius 1 is 0.514 bits per heavy atom. The molecule has 0 aromatic carbocycles. The Labute approximate surface area is 426 Å². The van der Waals surface area contributed by atoms with E-state index in [1.165, 1.54) is 0 Å². The summed E-state index contributed by atoms with van der Waals surface area (Å²) < 4.78 is 49.3. The standard InChI is InChI=1S/C53H82O17P2/c1-3-5-7-8-9-10-11-12-13-14-15-16-17-20-24-27-30-33-37-41-47(56)68-45(43-67-72(64,65)70-53-50(59)48(57)49(58)52(51(53)60)69-71(61,62)63)42-66-46(55)40-36-32-29-26-23-21-18-19-22-25-28-31-35-39-44(54)38-34-6-4-2/h5-7,9-10,12-13,15-16,19-24,28-29,31-32,34-35,39,44-45,48-54,57-60H,3-4,8,11,14,17-18,25-27,30,33,36-38,40-43H2,1-2H3,(H,64,65)(H2,61,62,63)/b7-5-,10-9-,13-12-,16-15-,22-19-,23-21-,24-20-,31-28+,32-29-,34-6-,39-35+/t44?,45-,48?,49?,50?,51?,52-,53+/m1/s1. The highest BCUT2D eigenvalue weighted by Gasteiger charge is 2.54. The summed E-state index contributed by atoms with van der Waals surface area (Å²) in [6.07, 6.45) is 40.2. The molecule has 0 saturated heterocycles. The fourth-order valence-corrected chi connectivity index (χ4v) is 8.05. The molecular weight excluding hydrogens is 971 g/mol. The van der Waals surface area contributed by atoms with E-state index in [1.807, 2.05) is 67.7 Å². The Kier molecular flexibility index (Phi) is 38.1. The van der Waals surface area contributed by atoms with Crippen LogP contribution in [0.3, 0.4) is 0 Å². The zero-order chi connectivity index (χ0) is 53.3. The molecule has 0 bridgehead atoms. The number of carbonyl (C=O) groups is 2. The van der Waals surface area contributed by atoms with Gasteiger partial charge in [-0.3, -0.25) is 23.2 Å². The average Bonchev–Trinajstić information content (AvgIpc) is 3.33. The number of esters is 2. The maximum atomic E-state index is 13.0. The number of ether oxygens (including phenoxy) is 2. The highest BCUT2D eigenvalue weighted by atomic mass is 31.2. The molecule has 6 unspecified atom stereocenters. The van der Waals surface area contributed by atoms with E-state index in [2.05, 4.69) is 72.2 Å². The van der Waals surface area contributed by atoms with Crippen LogP contribution in [0.1, 0.15) is 123 Å². The summed E-state index contributed by atoms with van der Waals surface area (Å²) in [6, 6.07) is 0. The van der Waals surface area contributed by atoms with Crippen LogP contribution in [0.4, 0.5) is 0 Å². The van der Waals surface area contributed by atoms with Gasteiger partial charge in [0.1, 0.15) is 43.2 Å². The molecule has 0 amide bonds. The molecule has 0 radical (unpaired) electrons. The van der Waals surface area contributed by atoms with Crippen molar-refractivity contribution in [3.05, 3.63) is 134 Å². The van der Waals surface area contributed by atoms with Gasteiger partial charge in [-0.2, -0.15) is 0 Å². The number of aliphatic hydroxyl groups is 5. The van der Waals surface area contributed by atoms with Gasteiger partial charge in [0.25, 0.3) is 0 Å². The predicted molar refractivity (Wildman–Crippen MR) is 279 cm³/mol. The maximum Gasteiger partial charge on any atom is 0.472 e. The van der Waals surface area contributed by atoms with Crippen LogP contribution in [0.15, 0.2) is 134 Å². The Bertz CT molecular complexity index is 1910. The molecule has 17 nitrogen and oxygen atoms in total. The lowest BCUT2D eigenvalue weighted by Crippen LogP contribution is -2.64. The van der Waals surface area contributed by atoms with Gasteiger partial charge in [-0.05, 0) is 89.9 Å². The molecule has 1 aliphatic rings. The number of allylic oxidation sites excluding steroid dienone is 20. The number of aliphatic hydroxyl groups excluding tert-OH is 5. The van der Waals surface area contributed by atoms with Crippen molar-refractivity contribution in [2.24, 2.45) is 0 Å². The lowest BCUT2D eigenvalue weighted by molar-refractivity contribution is -0.216. The minimum absolute atomic E-state index is 0.0278. The molecule has 1 fully saturated rings. The van der Waals surface area contributed by atoms with Crippen molar-refractivity contribution in [2.75, 3.05) is 13.2 Å². The Morgan fingerprint density at radius 2 is 1.00 bits per heavy atom. The molecule has 406 valence electrons. The first-order valence-corrected chi connectivity index (χ1v) is 27.9. The van der Waals surface area contributed by atoms with E-state index in [1.54, 1.807) is 12.2 Å². The first-order valence-electron chi connectivity index (χ1n) is 24.8. The Morgan fingerprint density at radius 3 is 1.54 bits per heavy atom. The summed E-state index contributed by atoms with van der Waals surface area (Å²) in [5.74, 6) is -1.38. The molecule has 19 heteroatoms. The van der Waals surface area contributed by atoms with Gasteiger partial charge in [-0.25, -0.2) is 9.13 Å². The second kappa shape index (κ2) is 41.5. The molecule has 9 atom stereocenters. The van der Waals surface area contributed by atoms with Crippen molar-refractivity contribution in [1.82, 2.24) is 0 Å². The molecule has 0 aromatic rings. The summed E-state index contributed by atoms with van der Waals surface area (Å²) in [5.41, 5.74) is 0. The molecule has 0 aromatic heterocycles. The molecule has 0 aliphatic heterocycles. The van der Waals surface area contributed by atoms with Crippen LogP contribution in [-0.4, -0.2) is 114 Å². The summed E-state index contributed by atoms with van der Waals surface area (Å²) in [7, 11) is -10.7. The molecule has 1 saturated carbocycles. The smallest absolute Gasteiger partial charge is 0.462 e. The van der Waals surface area contributed by atoms with Gasteiger partial charge in [0.05, 0.1) is 12.7 Å². The first kappa shape index (κ1) is 66.1. The summed E-state index contributed by atoms with van der Waals surface area (Å²) in [6.45, 7) is 2.69. The first-order chi connectivity index (χ1) is 34.5. The largest absolute Gasteiger partial charge is 0.472 e. The van der Waals surface area contributed by atoms with E-state index < -0.39 is 89.6 Å². The second-order valence-electron chi connectivity index (χ2n) is 16.6. The summed E-state index contributed by atoms with van der Waals surface area (Å²) in [5, 5.41) is 51.2. The normalized spacial score (nSPS) is 22.3. The summed E-state index contributed by atoms with van der Waals surface area (Å²) in [4.78, 5) is 54.4. The van der Waals surface area contributed by atoms with Gasteiger partial charge in [0, 0.05) is 12.8 Å². The van der Waals surface area contributed by atoms with E-state index in [0.29, 0.717) is 32.1 Å². The molecule has 0 spiro atoms. The molecule has 1 rings (SSSR count). The number of phosphoric ester groups is 2. The fraction of sp³-hybridized carbons (Fsp3) is 0.547. The van der Waals surface area contributed by atoms with Crippen LogP contribution < -0.4 is 0 Å². The Hall–Kier alpha value is -3.90. The van der Waals surface area contributed by atoms with E-state index >= 15 is 0 Å². The number of rotatable bonds is 39. The number of phosphoric acid groups is 2. The molecule has 1 aliphatic carbocycles. The number of hydrogen-bond donors (Lipinski definition) is 8. The highest BCUT2D eigenvalue weighted by Crippen LogP contribution is 2.49. The van der Waals surface area contributed by atoms with Crippen molar-refractivity contribution < 1.29 is 82.0 Å². The van der Waals surface area contributed by atoms with Crippen LogP contribution >= 0.6 is 15.6 Å². The third-order valence-corrected chi connectivity index (χ3v) is 11.8. The van der Waals surface area contributed by atoms with Crippen LogP contribution in [0.5, 0.6) is 0 Å². The van der Waals surface area contributed by atoms with Crippen LogP contribution in [0.2, 0.25) is 0 Å². The van der Waals surface area contributed by atoms with Crippen molar-refractivity contribution in [1.29, 1.82) is 0 Å². The molecule has 8 N–H and O–H groups in total. The topological polar surface area (TPSA) is 276 Å². The van der Waals surface area contributed by atoms with E-state index in [-0.39, 0.29) is 12.8 Å². The third-order valence-electron chi connectivity index (χ3n) is 10.3. The maximum absolute atomic E-state index is 13.0. The SMILES string of the molecule is CC/C=C\C/C=C\C/C=C\C/C=C\C/C=C\CCCCCC(=O)O[C@H](COC(=O)CC/C=C\C/C=C\C/C=C\C/C=C/C=C/C(O)C/C=C\CC)COP(=O)(O)O[C@H]1C(O)C(O)C(O)[C@@H](OP(=O)(O)O)C1O. The monoisotopic (exact) mass is 1050 g/mol. The minimum Gasteiger partial charge on any atom is -0.462 e. The lowest BCUT2D eigenvalue weighted by atomic mass is 9.85. The van der Waals surface area contributed by atoms with Gasteiger partial charge in [-0.1, -0.05) is 154 Å². The minimum atomic E-state index is -5.39. The third kappa shape index (κ3) is 35.3. The zero-order valence-electron chi connectivity index (χ0n) is 41.9. The Balaban J connectivity index is 2.67. The van der Waals surface area contributed by atoms with Crippen LogP contribution in [0.25, 0.3) is 0 Å². The highest BCUT2D eigenvalue weighted by molar-refractivity contribution is 7.47. The van der Waals surface area contributed by atoms with Gasteiger partial charge in [-0.15, -0.1) is 0 Å². The van der Waals surface area contributed by atoms with Gasteiger partial charge < -0.3 is 49.7 Å². The van der Waals surface area contributed by atoms with E-state index in [9.17, 15) is 58.9 Å². The van der Waals surface area contributed by atoms with E-state index in [4.69, 9.17) is 18.5 Å². The zero-order valence-corrected chi connectivity index (χ0v) is 43.7. The number of hydrogen-bond acceptors (Lipinski definition) is 14. The lowest BCUT2D eigenvalue weighted by Gasteiger charge is -2.43. The van der Waals surface area contributed by atoms with Crippen LogP contribution in [-0.2, 0) is 41.8 Å². The molecular formula is C53H82O17P2. The summed E-state index contributed by atoms with van der Waals surface area (Å²) >= 11 is 0. The van der Waals surface area contributed by atoms with Crippen LogP contribution in [0, 0.1) is 0 Å². The van der Waals surface area contributed by atoms with E-state index in [0.717, 1.165) is 64.2 Å². The van der Waals surface area contributed by atoms with Crippen molar-refractivity contribution in [2.45, 2.75) is 172 Å². The van der Waals surface area contributed by atoms with Gasteiger partial charge in [0.2, 0.25) is 0 Å². The molecule has 72 heavy (non-hydrogen) atoms. The van der Waals surface area contributed by atoms with Gasteiger partial charge in [0.15, 0.2) is 6.10 Å². The fourth-order valence-electron chi connectivity index (χ4n) is 6.51. The van der Waals surface area contributed by atoms with Crippen molar-refractivity contribution in [3.8, 4) is 0 Å².